The monoisotopic (exact) mass is 294 g/mol. The van der Waals surface area contributed by atoms with Gasteiger partial charge in [-0.05, 0) is 43.2 Å². The summed E-state index contributed by atoms with van der Waals surface area (Å²) in [4.78, 5) is 4.44. The van der Waals surface area contributed by atoms with Crippen molar-refractivity contribution in [3.63, 3.8) is 0 Å². The lowest BCUT2D eigenvalue weighted by Gasteiger charge is -2.12. The van der Waals surface area contributed by atoms with Crippen LogP contribution in [0.15, 0.2) is 36.4 Å². The van der Waals surface area contributed by atoms with Crippen molar-refractivity contribution in [2.24, 2.45) is 0 Å². The van der Waals surface area contributed by atoms with Gasteiger partial charge in [-0.15, -0.1) is 0 Å². The number of hydrogen-bond donors (Lipinski definition) is 1. The van der Waals surface area contributed by atoms with Gasteiger partial charge in [0.05, 0.1) is 11.3 Å². The van der Waals surface area contributed by atoms with Crippen LogP contribution in [0.4, 0.5) is 19.0 Å². The van der Waals surface area contributed by atoms with Crippen molar-refractivity contribution in [3.05, 3.63) is 47.5 Å². The fourth-order valence-corrected chi connectivity index (χ4v) is 2.06. The molecule has 1 N–H and O–H groups in total. The molecular weight excluding hydrogens is 277 g/mol. The summed E-state index contributed by atoms with van der Waals surface area (Å²) < 4.78 is 38.0. The van der Waals surface area contributed by atoms with Crippen molar-refractivity contribution in [2.75, 3.05) is 11.9 Å². The molecule has 0 bridgehead atoms. The number of benzene rings is 1. The van der Waals surface area contributed by atoms with Crippen molar-refractivity contribution in [1.29, 1.82) is 0 Å². The quantitative estimate of drug-likeness (QED) is 0.867. The first-order valence-corrected chi connectivity index (χ1v) is 6.81. The zero-order valence-corrected chi connectivity index (χ0v) is 12.0. The van der Waals surface area contributed by atoms with Gasteiger partial charge in [0.25, 0.3) is 0 Å². The normalized spacial score (nSPS) is 11.5. The Kier molecular flexibility index (Phi) is 4.50. The lowest BCUT2D eigenvalue weighted by molar-refractivity contribution is -0.137. The van der Waals surface area contributed by atoms with Crippen molar-refractivity contribution >= 4 is 5.82 Å². The molecule has 0 spiro atoms. The van der Waals surface area contributed by atoms with Gasteiger partial charge in [-0.2, -0.15) is 13.2 Å². The molecule has 0 fully saturated rings. The maximum atomic E-state index is 12.7. The number of pyridine rings is 1. The second-order valence-corrected chi connectivity index (χ2v) is 4.86. The fourth-order valence-electron chi connectivity index (χ4n) is 2.06. The molecule has 0 aliphatic heterocycles. The van der Waals surface area contributed by atoms with E-state index in [0.29, 0.717) is 16.8 Å². The third-order valence-electron chi connectivity index (χ3n) is 3.13. The Morgan fingerprint density at radius 2 is 1.90 bits per heavy atom. The number of alkyl halides is 3. The van der Waals surface area contributed by atoms with Crippen LogP contribution in [-0.4, -0.2) is 11.5 Å². The highest BCUT2D eigenvalue weighted by Gasteiger charge is 2.30. The number of aromatic nitrogens is 1. The average Bonchev–Trinajstić information content (AvgIpc) is 2.44. The highest BCUT2D eigenvalue weighted by atomic mass is 19.4. The van der Waals surface area contributed by atoms with Gasteiger partial charge >= 0.3 is 6.18 Å². The van der Waals surface area contributed by atoms with Gasteiger partial charge in [0.1, 0.15) is 5.82 Å². The smallest absolute Gasteiger partial charge is 0.370 e. The summed E-state index contributed by atoms with van der Waals surface area (Å²) in [5, 5.41) is 3.17. The molecule has 1 heterocycles. The van der Waals surface area contributed by atoms with Crippen molar-refractivity contribution < 1.29 is 13.2 Å². The van der Waals surface area contributed by atoms with E-state index in [4.69, 9.17) is 0 Å². The van der Waals surface area contributed by atoms with Crippen LogP contribution < -0.4 is 5.32 Å². The Balaban J connectivity index is 2.34. The molecule has 5 heteroatoms. The topological polar surface area (TPSA) is 24.9 Å². The zero-order chi connectivity index (χ0) is 15.5. The first kappa shape index (κ1) is 15.4. The summed E-state index contributed by atoms with van der Waals surface area (Å²) in [6.07, 6.45) is -3.34. The fraction of sp³-hybridized carbons (Fsp3) is 0.312. The molecular formula is C16H17F3N2. The molecule has 112 valence electrons. The first-order chi connectivity index (χ1) is 9.91. The molecule has 0 aliphatic rings. The SMILES string of the molecule is CCCNc1cccc(-c2ccc(C(F)(F)F)cc2C)n1. The summed E-state index contributed by atoms with van der Waals surface area (Å²) >= 11 is 0. The number of halogens is 3. The Morgan fingerprint density at radius 3 is 2.52 bits per heavy atom. The Morgan fingerprint density at radius 1 is 1.14 bits per heavy atom. The molecule has 1 aromatic heterocycles. The maximum absolute atomic E-state index is 12.7. The van der Waals surface area contributed by atoms with Crippen molar-refractivity contribution in [1.82, 2.24) is 4.98 Å². The predicted molar refractivity (Wildman–Crippen MR) is 78.2 cm³/mol. The van der Waals surface area contributed by atoms with Gasteiger partial charge in [-0.25, -0.2) is 4.98 Å². The molecule has 0 saturated carbocycles. The maximum Gasteiger partial charge on any atom is 0.416 e. The van der Waals surface area contributed by atoms with Crippen LogP contribution in [0.5, 0.6) is 0 Å². The van der Waals surface area contributed by atoms with E-state index in [1.165, 1.54) is 6.07 Å². The van der Waals surface area contributed by atoms with Crippen LogP contribution in [0.3, 0.4) is 0 Å². The van der Waals surface area contributed by atoms with E-state index in [1.54, 1.807) is 13.0 Å². The van der Waals surface area contributed by atoms with Crippen LogP contribution >= 0.6 is 0 Å². The number of hydrogen-bond acceptors (Lipinski definition) is 2. The van der Waals surface area contributed by atoms with E-state index in [9.17, 15) is 13.2 Å². The van der Waals surface area contributed by atoms with E-state index in [1.807, 2.05) is 12.1 Å². The minimum atomic E-state index is -4.32. The molecule has 2 aromatic rings. The molecule has 2 rings (SSSR count). The lowest BCUT2D eigenvalue weighted by atomic mass is 10.0. The molecule has 0 atom stereocenters. The van der Waals surface area contributed by atoms with Gasteiger partial charge in [0.2, 0.25) is 0 Å². The summed E-state index contributed by atoms with van der Waals surface area (Å²) in [6, 6.07) is 9.21. The summed E-state index contributed by atoms with van der Waals surface area (Å²) in [5.74, 6) is 0.730. The van der Waals surface area contributed by atoms with Crippen LogP contribution in [0, 0.1) is 6.92 Å². The van der Waals surface area contributed by atoms with Crippen LogP contribution in [0.1, 0.15) is 24.5 Å². The Bertz CT molecular complexity index is 621. The second kappa shape index (κ2) is 6.16. The minimum absolute atomic E-state index is 0.560. The van der Waals surface area contributed by atoms with Crippen molar-refractivity contribution in [3.8, 4) is 11.3 Å². The van der Waals surface area contributed by atoms with Gasteiger partial charge in [-0.3, -0.25) is 0 Å². The molecule has 0 aliphatic carbocycles. The molecule has 0 unspecified atom stereocenters. The lowest BCUT2D eigenvalue weighted by Crippen LogP contribution is -2.05. The van der Waals surface area contributed by atoms with E-state index in [0.717, 1.165) is 30.9 Å². The minimum Gasteiger partial charge on any atom is -0.370 e. The van der Waals surface area contributed by atoms with Crippen LogP contribution in [0.25, 0.3) is 11.3 Å². The molecule has 0 saturated heterocycles. The number of rotatable bonds is 4. The highest BCUT2D eigenvalue weighted by molar-refractivity contribution is 5.65. The first-order valence-electron chi connectivity index (χ1n) is 6.81. The highest BCUT2D eigenvalue weighted by Crippen LogP contribution is 2.32. The third kappa shape index (κ3) is 3.74. The summed E-state index contributed by atoms with van der Waals surface area (Å²) in [7, 11) is 0. The van der Waals surface area contributed by atoms with E-state index < -0.39 is 11.7 Å². The summed E-state index contributed by atoms with van der Waals surface area (Å²) in [6.45, 7) is 4.53. The number of anilines is 1. The van der Waals surface area contributed by atoms with Gasteiger partial charge in [-0.1, -0.05) is 19.1 Å². The van der Waals surface area contributed by atoms with Gasteiger partial charge in [0.15, 0.2) is 0 Å². The largest absolute Gasteiger partial charge is 0.416 e. The number of nitrogens with one attached hydrogen (secondary N) is 1. The van der Waals surface area contributed by atoms with Crippen LogP contribution in [-0.2, 0) is 6.18 Å². The molecule has 1 aromatic carbocycles. The van der Waals surface area contributed by atoms with Gasteiger partial charge in [0, 0.05) is 12.1 Å². The van der Waals surface area contributed by atoms with Crippen LogP contribution in [0.2, 0.25) is 0 Å². The predicted octanol–water partition coefficient (Wildman–Crippen LogP) is 4.90. The summed E-state index contributed by atoms with van der Waals surface area (Å²) in [5.41, 5.74) is 1.31. The van der Waals surface area contributed by atoms with Gasteiger partial charge < -0.3 is 5.32 Å². The van der Waals surface area contributed by atoms with E-state index in [2.05, 4.69) is 17.2 Å². The van der Waals surface area contributed by atoms with E-state index >= 15 is 0 Å². The Labute approximate surface area is 122 Å². The number of nitrogens with zero attached hydrogens (tertiary/aromatic N) is 1. The van der Waals surface area contributed by atoms with E-state index in [-0.39, 0.29) is 0 Å². The zero-order valence-electron chi connectivity index (χ0n) is 12.0. The average molecular weight is 294 g/mol. The molecule has 0 radical (unpaired) electrons. The number of aryl methyl sites for hydroxylation is 1. The standard InChI is InChI=1S/C16H17F3N2/c1-3-9-20-15-6-4-5-14(21-15)13-8-7-12(10-11(13)2)16(17,18)19/h4-8,10H,3,9H2,1-2H3,(H,20,21). The molecule has 2 nitrogen and oxygen atoms in total. The molecule has 21 heavy (non-hydrogen) atoms. The Hall–Kier alpha value is -2.04. The third-order valence-corrected chi connectivity index (χ3v) is 3.13. The second-order valence-electron chi connectivity index (χ2n) is 4.86. The van der Waals surface area contributed by atoms with Crippen molar-refractivity contribution in [2.45, 2.75) is 26.4 Å². The molecule has 0 amide bonds.